The average molecular weight is 312 g/mol. The fourth-order valence-electron chi connectivity index (χ4n) is 3.11. The summed E-state index contributed by atoms with van der Waals surface area (Å²) in [6, 6.07) is -0.859. The molecule has 2 fully saturated rings. The number of rotatable bonds is 4. The van der Waals surface area contributed by atoms with Crippen LogP contribution in [0, 0.1) is 0 Å². The molecule has 0 aromatic rings. The smallest absolute Gasteiger partial charge is 0.326 e. The summed E-state index contributed by atoms with van der Waals surface area (Å²) in [5.41, 5.74) is 0. The summed E-state index contributed by atoms with van der Waals surface area (Å²) in [5, 5.41) is 9.26. The van der Waals surface area contributed by atoms with E-state index in [9.17, 15) is 19.5 Å². The van der Waals surface area contributed by atoms with Crippen molar-refractivity contribution in [2.45, 2.75) is 50.7 Å². The van der Waals surface area contributed by atoms with Gasteiger partial charge in [0, 0.05) is 33.0 Å². The van der Waals surface area contributed by atoms with Gasteiger partial charge in [-0.25, -0.2) is 4.79 Å². The quantitative estimate of drug-likeness (QED) is 0.816. The number of hydrogen-bond acceptors (Lipinski definition) is 4. The Labute approximate surface area is 130 Å². The molecule has 0 aliphatic carbocycles. The minimum atomic E-state index is -1.02. The summed E-state index contributed by atoms with van der Waals surface area (Å²) >= 11 is 0. The highest BCUT2D eigenvalue weighted by Gasteiger charge is 2.40. The standard InChI is InChI=1S/C15H24N2O5/c1-22-11-8-12(15(20)21)17(9-11)14(19)10-16-7-5-3-2-4-6-13(16)18/h11-12H,2-10H2,1H3,(H,20,21). The zero-order valence-corrected chi connectivity index (χ0v) is 13.0. The summed E-state index contributed by atoms with van der Waals surface area (Å²) < 4.78 is 5.18. The molecule has 7 nitrogen and oxygen atoms in total. The van der Waals surface area contributed by atoms with Crippen molar-refractivity contribution in [3.63, 3.8) is 0 Å². The second-order valence-corrected chi connectivity index (χ2v) is 5.97. The van der Waals surface area contributed by atoms with E-state index in [1.165, 1.54) is 12.0 Å². The van der Waals surface area contributed by atoms with Gasteiger partial charge in [0.05, 0.1) is 12.6 Å². The number of amides is 2. The molecule has 2 amide bonds. The molecule has 0 radical (unpaired) electrons. The Bertz CT molecular complexity index is 440. The maximum Gasteiger partial charge on any atom is 0.326 e. The highest BCUT2D eigenvalue weighted by atomic mass is 16.5. The third-order valence-electron chi connectivity index (χ3n) is 4.45. The minimum Gasteiger partial charge on any atom is -0.480 e. The van der Waals surface area contributed by atoms with Crippen LogP contribution in [0.15, 0.2) is 0 Å². The molecule has 1 N–H and O–H groups in total. The molecular formula is C15H24N2O5. The van der Waals surface area contributed by atoms with Crippen molar-refractivity contribution < 1.29 is 24.2 Å². The van der Waals surface area contributed by atoms with E-state index < -0.39 is 12.0 Å². The predicted octanol–water partition coefficient (Wildman–Crippen LogP) is 0.480. The number of likely N-dealkylation sites (tertiary alicyclic amines) is 2. The van der Waals surface area contributed by atoms with Crippen molar-refractivity contribution >= 4 is 17.8 Å². The van der Waals surface area contributed by atoms with E-state index in [2.05, 4.69) is 0 Å². The van der Waals surface area contributed by atoms with E-state index in [0.29, 0.717) is 19.4 Å². The first-order chi connectivity index (χ1) is 10.5. The van der Waals surface area contributed by atoms with Crippen molar-refractivity contribution in [3.05, 3.63) is 0 Å². The zero-order valence-electron chi connectivity index (χ0n) is 13.0. The van der Waals surface area contributed by atoms with Crippen LogP contribution in [0.4, 0.5) is 0 Å². The summed E-state index contributed by atoms with van der Waals surface area (Å²) in [4.78, 5) is 38.7. The van der Waals surface area contributed by atoms with Crippen molar-refractivity contribution in [1.29, 1.82) is 0 Å². The number of carbonyl (C=O) groups is 3. The molecule has 124 valence electrons. The van der Waals surface area contributed by atoms with Gasteiger partial charge in [-0.3, -0.25) is 9.59 Å². The normalized spacial score (nSPS) is 26.7. The lowest BCUT2D eigenvalue weighted by Gasteiger charge is -2.28. The van der Waals surface area contributed by atoms with E-state index in [1.807, 2.05) is 0 Å². The fourth-order valence-corrected chi connectivity index (χ4v) is 3.11. The fraction of sp³-hybridized carbons (Fsp3) is 0.800. The second kappa shape index (κ2) is 7.58. The van der Waals surface area contributed by atoms with E-state index in [4.69, 9.17) is 4.74 Å². The number of ether oxygens (including phenoxy) is 1. The molecule has 2 unspecified atom stereocenters. The van der Waals surface area contributed by atoms with Crippen molar-refractivity contribution in [2.75, 3.05) is 26.7 Å². The summed E-state index contributed by atoms with van der Waals surface area (Å²) in [5.74, 6) is -1.34. The maximum absolute atomic E-state index is 12.4. The highest BCUT2D eigenvalue weighted by molar-refractivity contribution is 5.88. The molecule has 7 heteroatoms. The lowest BCUT2D eigenvalue weighted by atomic mass is 10.1. The first-order valence-corrected chi connectivity index (χ1v) is 7.85. The lowest BCUT2D eigenvalue weighted by Crippen LogP contribution is -2.47. The van der Waals surface area contributed by atoms with E-state index in [0.717, 1.165) is 25.7 Å². The molecule has 0 saturated carbocycles. The maximum atomic E-state index is 12.4. The first-order valence-electron chi connectivity index (χ1n) is 7.85. The molecular weight excluding hydrogens is 288 g/mol. The SMILES string of the molecule is COC1CC(C(=O)O)N(C(=O)CN2CCCCCCC2=O)C1. The Hall–Kier alpha value is -1.63. The second-order valence-electron chi connectivity index (χ2n) is 5.97. The molecule has 2 atom stereocenters. The van der Waals surface area contributed by atoms with Gasteiger partial charge in [0.15, 0.2) is 0 Å². The van der Waals surface area contributed by atoms with Crippen LogP contribution < -0.4 is 0 Å². The summed E-state index contributed by atoms with van der Waals surface area (Å²) in [7, 11) is 1.51. The monoisotopic (exact) mass is 312 g/mol. The van der Waals surface area contributed by atoms with Crippen LogP contribution in [0.1, 0.15) is 38.5 Å². The Morgan fingerprint density at radius 3 is 2.68 bits per heavy atom. The number of hydrogen-bond donors (Lipinski definition) is 1. The van der Waals surface area contributed by atoms with Gasteiger partial charge < -0.3 is 19.6 Å². The van der Waals surface area contributed by atoms with E-state index >= 15 is 0 Å². The van der Waals surface area contributed by atoms with E-state index in [1.54, 1.807) is 4.90 Å². The Morgan fingerprint density at radius 2 is 2.00 bits per heavy atom. The minimum absolute atomic E-state index is 0.0117. The molecule has 0 aromatic heterocycles. The Morgan fingerprint density at radius 1 is 1.27 bits per heavy atom. The predicted molar refractivity (Wildman–Crippen MR) is 78.2 cm³/mol. The van der Waals surface area contributed by atoms with Crippen molar-refractivity contribution in [3.8, 4) is 0 Å². The van der Waals surface area contributed by atoms with Crippen LogP contribution in [0.25, 0.3) is 0 Å². The first kappa shape index (κ1) is 16.7. The molecule has 2 saturated heterocycles. The third kappa shape index (κ3) is 3.97. The molecule has 2 aliphatic heterocycles. The average Bonchev–Trinajstić information content (AvgIpc) is 2.91. The number of carboxylic acids is 1. The third-order valence-corrected chi connectivity index (χ3v) is 4.45. The molecule has 2 rings (SSSR count). The summed E-state index contributed by atoms with van der Waals surface area (Å²) in [6.45, 7) is 0.817. The van der Waals surface area contributed by atoms with Crippen LogP contribution >= 0.6 is 0 Å². The Kier molecular flexibility index (Phi) is 5.76. The largest absolute Gasteiger partial charge is 0.480 e. The topological polar surface area (TPSA) is 87.2 Å². The molecule has 2 heterocycles. The van der Waals surface area contributed by atoms with Crippen LogP contribution in [0.5, 0.6) is 0 Å². The molecule has 0 spiro atoms. The van der Waals surface area contributed by atoms with Gasteiger partial charge >= 0.3 is 5.97 Å². The van der Waals surface area contributed by atoms with E-state index in [-0.39, 0.29) is 31.0 Å². The van der Waals surface area contributed by atoms with Crippen LogP contribution in [0.2, 0.25) is 0 Å². The molecule has 22 heavy (non-hydrogen) atoms. The summed E-state index contributed by atoms with van der Waals surface area (Å²) in [6.07, 6.45) is 4.37. The van der Waals surface area contributed by atoms with Crippen molar-refractivity contribution in [2.24, 2.45) is 0 Å². The number of carbonyl (C=O) groups excluding carboxylic acids is 2. The lowest BCUT2D eigenvalue weighted by molar-refractivity contribution is -0.149. The van der Waals surface area contributed by atoms with Gasteiger partial charge in [-0.15, -0.1) is 0 Å². The van der Waals surface area contributed by atoms with Gasteiger partial charge in [-0.1, -0.05) is 12.8 Å². The van der Waals surface area contributed by atoms with Crippen LogP contribution in [0.3, 0.4) is 0 Å². The van der Waals surface area contributed by atoms with Gasteiger partial charge in [0.1, 0.15) is 6.04 Å². The molecule has 0 bridgehead atoms. The Balaban J connectivity index is 1.99. The zero-order chi connectivity index (χ0) is 16.1. The van der Waals surface area contributed by atoms with Gasteiger partial charge in [0.2, 0.25) is 11.8 Å². The van der Waals surface area contributed by atoms with Crippen LogP contribution in [-0.2, 0) is 19.1 Å². The number of methoxy groups -OCH3 is 1. The van der Waals surface area contributed by atoms with Crippen LogP contribution in [-0.4, -0.2) is 71.6 Å². The molecule has 0 aromatic carbocycles. The number of carboxylic acid groups (broad SMARTS) is 1. The number of nitrogens with zero attached hydrogens (tertiary/aromatic N) is 2. The van der Waals surface area contributed by atoms with Gasteiger partial charge in [-0.2, -0.15) is 0 Å². The number of aliphatic carboxylic acids is 1. The van der Waals surface area contributed by atoms with Gasteiger partial charge in [-0.05, 0) is 12.8 Å². The van der Waals surface area contributed by atoms with Gasteiger partial charge in [0.25, 0.3) is 0 Å². The van der Waals surface area contributed by atoms with Crippen molar-refractivity contribution in [1.82, 2.24) is 9.80 Å². The highest BCUT2D eigenvalue weighted by Crippen LogP contribution is 2.21. The molecule has 2 aliphatic rings.